The van der Waals surface area contributed by atoms with E-state index in [-0.39, 0.29) is 23.4 Å². The molecule has 2 aliphatic rings. The summed E-state index contributed by atoms with van der Waals surface area (Å²) in [5, 5.41) is 0. The van der Waals surface area contributed by atoms with Crippen molar-refractivity contribution in [2.75, 3.05) is 6.61 Å². The van der Waals surface area contributed by atoms with Crippen molar-refractivity contribution in [3.05, 3.63) is 51.6 Å². The zero-order chi connectivity index (χ0) is 19.0. The van der Waals surface area contributed by atoms with E-state index >= 15 is 0 Å². The van der Waals surface area contributed by atoms with E-state index in [4.69, 9.17) is 9.72 Å². The van der Waals surface area contributed by atoms with Crippen molar-refractivity contribution < 1.29 is 9.53 Å². The van der Waals surface area contributed by atoms with E-state index in [1.165, 1.54) is 12.0 Å². The lowest BCUT2D eigenvalue weighted by atomic mass is 9.62. The van der Waals surface area contributed by atoms with Gasteiger partial charge >= 0.3 is 5.97 Å². The van der Waals surface area contributed by atoms with Crippen molar-refractivity contribution >= 4 is 5.97 Å². The minimum absolute atomic E-state index is 0.00398. The molecule has 4 rings (SSSR count). The number of benzene rings is 1. The molecule has 0 atom stereocenters. The van der Waals surface area contributed by atoms with Gasteiger partial charge in [-0.15, -0.1) is 0 Å². The highest BCUT2D eigenvalue weighted by Gasteiger charge is 2.43. The maximum Gasteiger partial charge on any atom is 0.313 e. The molecule has 1 spiro atoms. The number of hydrogen-bond acceptors (Lipinski definition) is 4. The Morgan fingerprint density at radius 3 is 2.70 bits per heavy atom. The van der Waals surface area contributed by atoms with E-state index in [2.05, 4.69) is 12.1 Å². The summed E-state index contributed by atoms with van der Waals surface area (Å²) in [7, 11) is 1.72. The van der Waals surface area contributed by atoms with Gasteiger partial charge in [0.2, 0.25) is 0 Å². The van der Waals surface area contributed by atoms with Crippen molar-refractivity contribution in [3.63, 3.8) is 0 Å². The lowest BCUT2D eigenvalue weighted by molar-refractivity contribution is -0.142. The van der Waals surface area contributed by atoms with Gasteiger partial charge in [-0.3, -0.25) is 14.2 Å². The Kier molecular flexibility index (Phi) is 4.62. The summed E-state index contributed by atoms with van der Waals surface area (Å²) in [5.74, 6) is 0.122. The average molecular weight is 366 g/mol. The molecule has 1 aromatic carbocycles. The Morgan fingerprint density at radius 1 is 1.22 bits per heavy atom. The van der Waals surface area contributed by atoms with Crippen LogP contribution in [0.5, 0.6) is 0 Å². The molecule has 2 aromatic rings. The van der Waals surface area contributed by atoms with E-state index in [0.29, 0.717) is 12.4 Å². The van der Waals surface area contributed by atoms with Crippen LogP contribution in [0.25, 0.3) is 11.3 Å². The molecule has 5 nitrogen and oxygen atoms in total. The van der Waals surface area contributed by atoms with E-state index in [1.54, 1.807) is 18.5 Å². The zero-order valence-electron chi connectivity index (χ0n) is 16.1. The van der Waals surface area contributed by atoms with Gasteiger partial charge in [0.05, 0.1) is 17.9 Å². The second kappa shape index (κ2) is 6.95. The highest BCUT2D eigenvalue weighted by atomic mass is 16.5. The van der Waals surface area contributed by atoms with Crippen LogP contribution in [-0.2, 0) is 34.8 Å². The van der Waals surface area contributed by atoms with Crippen LogP contribution in [0.3, 0.4) is 0 Å². The van der Waals surface area contributed by atoms with Gasteiger partial charge in [0.1, 0.15) is 12.2 Å². The molecule has 27 heavy (non-hydrogen) atoms. The van der Waals surface area contributed by atoms with Crippen LogP contribution in [0.4, 0.5) is 0 Å². The first-order valence-electron chi connectivity index (χ1n) is 9.90. The van der Waals surface area contributed by atoms with Crippen molar-refractivity contribution in [3.8, 4) is 11.3 Å². The normalized spacial score (nSPS) is 17.3. The van der Waals surface area contributed by atoms with Gasteiger partial charge in [0.25, 0.3) is 5.56 Å². The predicted molar refractivity (Wildman–Crippen MR) is 104 cm³/mol. The van der Waals surface area contributed by atoms with Crippen molar-refractivity contribution in [2.24, 2.45) is 7.05 Å². The Balaban J connectivity index is 1.92. The maximum absolute atomic E-state index is 13.4. The third-order valence-electron chi connectivity index (χ3n) is 6.13. The Hall–Kier alpha value is -2.43. The van der Waals surface area contributed by atoms with Crippen molar-refractivity contribution in [1.29, 1.82) is 0 Å². The first-order valence-corrected chi connectivity index (χ1v) is 9.90. The van der Waals surface area contributed by atoms with Gasteiger partial charge < -0.3 is 4.74 Å². The van der Waals surface area contributed by atoms with Gasteiger partial charge in [-0.05, 0) is 31.7 Å². The molecule has 0 radical (unpaired) electrons. The van der Waals surface area contributed by atoms with Crippen LogP contribution in [0.1, 0.15) is 56.0 Å². The third kappa shape index (κ3) is 2.99. The summed E-state index contributed by atoms with van der Waals surface area (Å²) in [6, 6.07) is 8.25. The molecule has 0 aliphatic heterocycles. The molecule has 0 unspecified atom stereocenters. The molecule has 0 amide bonds. The Labute approximate surface area is 159 Å². The summed E-state index contributed by atoms with van der Waals surface area (Å²) < 4.78 is 6.63. The molecule has 0 N–H and O–H groups in total. The number of rotatable bonds is 3. The predicted octanol–water partition coefficient (Wildman–Crippen LogP) is 3.31. The third-order valence-corrected chi connectivity index (χ3v) is 6.13. The highest BCUT2D eigenvalue weighted by Crippen LogP contribution is 2.48. The average Bonchev–Trinajstić information content (AvgIpc) is 2.66. The fourth-order valence-corrected chi connectivity index (χ4v) is 4.83. The standard InChI is InChI=1S/C22H26N2O3/c1-3-27-18(25)13-17-23-20-16-10-6-5-9-15(16)14-22(11-7-4-8-12-22)19(20)21(26)24(17)2/h5-6,9-10H,3-4,7-8,11-14H2,1-2H3. The van der Waals surface area contributed by atoms with Crippen LogP contribution in [-0.4, -0.2) is 22.1 Å². The van der Waals surface area contributed by atoms with E-state index in [9.17, 15) is 9.59 Å². The number of nitrogens with zero attached hydrogens (tertiary/aromatic N) is 2. The van der Waals surface area contributed by atoms with Crippen LogP contribution in [0, 0.1) is 0 Å². The number of carbonyl (C=O) groups is 1. The van der Waals surface area contributed by atoms with Gasteiger partial charge in [-0.2, -0.15) is 0 Å². The summed E-state index contributed by atoms with van der Waals surface area (Å²) >= 11 is 0. The fraction of sp³-hybridized carbons (Fsp3) is 0.500. The zero-order valence-corrected chi connectivity index (χ0v) is 16.1. The molecule has 1 fully saturated rings. The lowest BCUT2D eigenvalue weighted by Crippen LogP contribution is -2.43. The monoisotopic (exact) mass is 366 g/mol. The molecule has 2 aliphatic carbocycles. The van der Waals surface area contributed by atoms with Crippen LogP contribution >= 0.6 is 0 Å². The lowest BCUT2D eigenvalue weighted by Gasteiger charge is -2.42. The fourth-order valence-electron chi connectivity index (χ4n) is 4.83. The van der Waals surface area contributed by atoms with Crippen molar-refractivity contribution in [2.45, 2.75) is 57.3 Å². The molecule has 142 valence electrons. The molecule has 1 heterocycles. The number of esters is 1. The van der Waals surface area contributed by atoms with Crippen LogP contribution < -0.4 is 5.56 Å². The Bertz CT molecular complexity index is 939. The molecule has 5 heteroatoms. The number of aromatic nitrogens is 2. The topological polar surface area (TPSA) is 61.2 Å². The summed E-state index contributed by atoms with van der Waals surface area (Å²) in [6.07, 6.45) is 6.51. The summed E-state index contributed by atoms with van der Waals surface area (Å²) in [4.78, 5) is 30.3. The minimum Gasteiger partial charge on any atom is -0.466 e. The largest absolute Gasteiger partial charge is 0.466 e. The molecule has 1 aromatic heterocycles. The van der Waals surface area contributed by atoms with E-state index in [0.717, 1.165) is 48.9 Å². The Morgan fingerprint density at radius 2 is 1.96 bits per heavy atom. The number of carbonyl (C=O) groups excluding carboxylic acids is 1. The van der Waals surface area contributed by atoms with E-state index < -0.39 is 0 Å². The molecule has 1 saturated carbocycles. The number of fused-ring (bicyclic) bond motifs is 4. The summed E-state index contributed by atoms with van der Waals surface area (Å²) in [5.41, 5.74) is 3.81. The smallest absolute Gasteiger partial charge is 0.313 e. The summed E-state index contributed by atoms with van der Waals surface area (Å²) in [6.45, 7) is 2.10. The van der Waals surface area contributed by atoms with Gasteiger partial charge in [-0.25, -0.2) is 4.98 Å². The molecule has 0 saturated heterocycles. The highest BCUT2D eigenvalue weighted by molar-refractivity contribution is 5.74. The number of hydrogen-bond donors (Lipinski definition) is 0. The first kappa shape index (κ1) is 18.0. The van der Waals surface area contributed by atoms with Gasteiger partial charge in [0.15, 0.2) is 0 Å². The number of ether oxygens (including phenoxy) is 1. The minimum atomic E-state index is -0.351. The quantitative estimate of drug-likeness (QED) is 0.782. The molecule has 0 bridgehead atoms. The first-order chi connectivity index (χ1) is 13.1. The molecular formula is C22H26N2O3. The van der Waals surface area contributed by atoms with Crippen LogP contribution in [0.15, 0.2) is 29.1 Å². The maximum atomic E-state index is 13.4. The second-order valence-corrected chi connectivity index (χ2v) is 7.77. The van der Waals surface area contributed by atoms with Gasteiger partial charge in [-0.1, -0.05) is 43.5 Å². The van der Waals surface area contributed by atoms with Crippen molar-refractivity contribution in [1.82, 2.24) is 9.55 Å². The van der Waals surface area contributed by atoms with Crippen LogP contribution in [0.2, 0.25) is 0 Å². The molecular weight excluding hydrogens is 340 g/mol. The second-order valence-electron chi connectivity index (χ2n) is 7.77. The van der Waals surface area contributed by atoms with E-state index in [1.807, 2.05) is 12.1 Å². The SMILES string of the molecule is CCOC(=O)Cc1nc2c(c(=O)n1C)C1(CCCCC1)Cc1ccccc1-2. The van der Waals surface area contributed by atoms with Gasteiger partial charge in [0, 0.05) is 18.0 Å².